The number of amides is 1. The Hall–Kier alpha value is -3.33. The molecular weight excluding hydrogens is 356 g/mol. The Kier molecular flexibility index (Phi) is 4.24. The molecule has 0 saturated heterocycles. The van der Waals surface area contributed by atoms with Crippen LogP contribution in [0.4, 0.5) is 0 Å². The number of aryl methyl sites for hydroxylation is 2. The number of hydrogen-bond acceptors (Lipinski definition) is 1. The van der Waals surface area contributed by atoms with Gasteiger partial charge in [-0.2, -0.15) is 0 Å². The summed E-state index contributed by atoms with van der Waals surface area (Å²) in [6, 6.07) is 24.8. The summed E-state index contributed by atoms with van der Waals surface area (Å²) in [6.07, 6.45) is 0.860. The van der Waals surface area contributed by atoms with E-state index >= 15 is 0 Å². The summed E-state index contributed by atoms with van der Waals surface area (Å²) >= 11 is 0. The first-order chi connectivity index (χ1) is 14.1. The van der Waals surface area contributed by atoms with Crippen molar-refractivity contribution in [3.8, 4) is 0 Å². The molecule has 0 spiro atoms. The highest BCUT2D eigenvalue weighted by Gasteiger charge is 2.34. The molecule has 0 saturated carbocycles. The first-order valence-corrected chi connectivity index (χ1v) is 10.2. The minimum absolute atomic E-state index is 0.0866. The van der Waals surface area contributed by atoms with Crippen LogP contribution >= 0.6 is 0 Å². The van der Waals surface area contributed by atoms with Crippen LogP contribution in [0.1, 0.15) is 44.3 Å². The van der Waals surface area contributed by atoms with Crippen LogP contribution in [-0.4, -0.2) is 22.3 Å². The molecule has 5 rings (SSSR count). The van der Waals surface area contributed by atoms with Crippen LogP contribution in [0.25, 0.3) is 10.9 Å². The number of H-pyrrole nitrogens is 1. The van der Waals surface area contributed by atoms with Gasteiger partial charge in [-0.25, -0.2) is 0 Å². The fraction of sp³-hybridized carbons (Fsp3) is 0.192. The van der Waals surface area contributed by atoms with Gasteiger partial charge in [0, 0.05) is 28.7 Å². The SMILES string of the molecule is Cc1ccc([C@@H]2c3[nH]c4ccccc4c3CCN2C(=O)c2cccc(C)c2)cc1. The fourth-order valence-electron chi connectivity index (χ4n) is 4.50. The molecule has 3 nitrogen and oxygen atoms in total. The predicted octanol–water partition coefficient (Wildman–Crippen LogP) is 5.57. The molecule has 0 radical (unpaired) electrons. The van der Waals surface area contributed by atoms with Crippen LogP contribution in [-0.2, 0) is 6.42 Å². The monoisotopic (exact) mass is 380 g/mol. The molecule has 144 valence electrons. The van der Waals surface area contributed by atoms with E-state index in [0.717, 1.165) is 34.3 Å². The zero-order valence-corrected chi connectivity index (χ0v) is 16.8. The maximum absolute atomic E-state index is 13.5. The van der Waals surface area contributed by atoms with Crippen molar-refractivity contribution in [3.63, 3.8) is 0 Å². The number of para-hydroxylation sites is 1. The molecule has 3 heteroatoms. The molecule has 0 bridgehead atoms. The number of aromatic amines is 1. The second-order valence-electron chi connectivity index (χ2n) is 7.99. The Morgan fingerprint density at radius 2 is 1.72 bits per heavy atom. The first-order valence-electron chi connectivity index (χ1n) is 10.2. The smallest absolute Gasteiger partial charge is 0.254 e. The van der Waals surface area contributed by atoms with Crippen molar-refractivity contribution in [2.24, 2.45) is 0 Å². The summed E-state index contributed by atoms with van der Waals surface area (Å²) < 4.78 is 0. The molecule has 29 heavy (non-hydrogen) atoms. The molecule has 1 amide bonds. The van der Waals surface area contributed by atoms with Gasteiger partial charge in [0.2, 0.25) is 0 Å². The number of benzene rings is 3. The van der Waals surface area contributed by atoms with Gasteiger partial charge in [-0.1, -0.05) is 65.7 Å². The van der Waals surface area contributed by atoms with Crippen molar-refractivity contribution >= 4 is 16.8 Å². The van der Waals surface area contributed by atoms with Crippen molar-refractivity contribution < 1.29 is 4.79 Å². The molecule has 0 aliphatic carbocycles. The van der Waals surface area contributed by atoms with E-state index in [1.54, 1.807) is 0 Å². The van der Waals surface area contributed by atoms with Crippen molar-refractivity contribution in [2.75, 3.05) is 6.54 Å². The molecule has 1 atom stereocenters. The standard InChI is InChI=1S/C26H24N2O/c1-17-10-12-19(13-11-17)25-24-22(21-8-3-4-9-23(21)27-24)14-15-28(25)26(29)20-7-5-6-18(2)16-20/h3-13,16,25,27H,14-15H2,1-2H3/t25-/m1/s1. The lowest BCUT2D eigenvalue weighted by molar-refractivity contribution is 0.0692. The number of fused-ring (bicyclic) bond motifs is 3. The van der Waals surface area contributed by atoms with Gasteiger partial charge in [0.25, 0.3) is 5.91 Å². The normalized spacial score (nSPS) is 16.1. The number of rotatable bonds is 2. The Balaban J connectivity index is 1.66. The van der Waals surface area contributed by atoms with Gasteiger partial charge in [-0.3, -0.25) is 4.79 Å². The van der Waals surface area contributed by atoms with Crippen molar-refractivity contribution in [3.05, 3.63) is 106 Å². The highest BCUT2D eigenvalue weighted by molar-refractivity contribution is 5.95. The van der Waals surface area contributed by atoms with Crippen LogP contribution in [0.3, 0.4) is 0 Å². The molecule has 1 N–H and O–H groups in total. The van der Waals surface area contributed by atoms with E-state index in [-0.39, 0.29) is 11.9 Å². The second-order valence-corrected chi connectivity index (χ2v) is 7.99. The summed E-state index contributed by atoms with van der Waals surface area (Å²) in [5.41, 5.74) is 7.83. The van der Waals surface area contributed by atoms with Crippen LogP contribution in [0.5, 0.6) is 0 Å². The maximum Gasteiger partial charge on any atom is 0.254 e. The quantitative estimate of drug-likeness (QED) is 0.485. The highest BCUT2D eigenvalue weighted by atomic mass is 16.2. The van der Waals surface area contributed by atoms with Gasteiger partial charge in [0.05, 0.1) is 6.04 Å². The average Bonchev–Trinajstić information content (AvgIpc) is 3.12. The molecule has 3 aromatic carbocycles. The van der Waals surface area contributed by atoms with Crippen LogP contribution in [0.2, 0.25) is 0 Å². The first kappa shape index (κ1) is 17.7. The summed E-state index contributed by atoms with van der Waals surface area (Å²) in [6.45, 7) is 4.83. The van der Waals surface area contributed by atoms with E-state index in [1.165, 1.54) is 16.5 Å². The minimum Gasteiger partial charge on any atom is -0.356 e. The summed E-state index contributed by atoms with van der Waals surface area (Å²) in [5, 5.41) is 1.27. The van der Waals surface area contributed by atoms with Crippen LogP contribution < -0.4 is 0 Å². The Morgan fingerprint density at radius 1 is 0.931 bits per heavy atom. The van der Waals surface area contributed by atoms with Crippen molar-refractivity contribution in [2.45, 2.75) is 26.3 Å². The number of nitrogens with zero attached hydrogens (tertiary/aromatic N) is 1. The maximum atomic E-state index is 13.5. The van der Waals surface area contributed by atoms with E-state index in [2.05, 4.69) is 60.4 Å². The van der Waals surface area contributed by atoms with Gasteiger partial charge in [-0.15, -0.1) is 0 Å². The van der Waals surface area contributed by atoms with E-state index < -0.39 is 0 Å². The largest absolute Gasteiger partial charge is 0.356 e. The zero-order chi connectivity index (χ0) is 20.0. The molecule has 0 unspecified atom stereocenters. The Morgan fingerprint density at radius 3 is 2.52 bits per heavy atom. The predicted molar refractivity (Wildman–Crippen MR) is 117 cm³/mol. The molecule has 0 fully saturated rings. The van der Waals surface area contributed by atoms with Crippen molar-refractivity contribution in [1.29, 1.82) is 0 Å². The van der Waals surface area contributed by atoms with Gasteiger partial charge in [-0.05, 0) is 49.6 Å². The summed E-state index contributed by atoms with van der Waals surface area (Å²) in [4.78, 5) is 19.2. The average molecular weight is 380 g/mol. The number of aromatic nitrogens is 1. The van der Waals surface area contributed by atoms with Gasteiger partial charge in [0.15, 0.2) is 0 Å². The van der Waals surface area contributed by atoms with E-state index in [0.29, 0.717) is 6.54 Å². The number of carbonyl (C=O) groups is 1. The van der Waals surface area contributed by atoms with Crippen LogP contribution in [0, 0.1) is 13.8 Å². The Bertz CT molecular complexity index is 1200. The lowest BCUT2D eigenvalue weighted by Crippen LogP contribution is -2.40. The van der Waals surface area contributed by atoms with Gasteiger partial charge in [0.1, 0.15) is 0 Å². The lowest BCUT2D eigenvalue weighted by atomic mass is 9.91. The lowest BCUT2D eigenvalue weighted by Gasteiger charge is -2.36. The fourth-order valence-corrected chi connectivity index (χ4v) is 4.50. The molecule has 1 aromatic heterocycles. The third-order valence-electron chi connectivity index (χ3n) is 5.95. The van der Waals surface area contributed by atoms with Crippen LogP contribution in [0.15, 0.2) is 72.8 Å². The molecule has 1 aliphatic heterocycles. The number of nitrogens with one attached hydrogen (secondary N) is 1. The molecule has 4 aromatic rings. The van der Waals surface area contributed by atoms with E-state index in [1.807, 2.05) is 36.1 Å². The molecular formula is C26H24N2O. The third kappa shape index (κ3) is 3.03. The third-order valence-corrected chi connectivity index (χ3v) is 5.95. The number of hydrogen-bond donors (Lipinski definition) is 1. The second kappa shape index (κ2) is 6.93. The van der Waals surface area contributed by atoms with Crippen molar-refractivity contribution in [1.82, 2.24) is 9.88 Å². The van der Waals surface area contributed by atoms with E-state index in [4.69, 9.17) is 0 Å². The number of carbonyl (C=O) groups excluding carboxylic acids is 1. The van der Waals surface area contributed by atoms with Gasteiger partial charge < -0.3 is 9.88 Å². The van der Waals surface area contributed by atoms with Gasteiger partial charge >= 0.3 is 0 Å². The highest BCUT2D eigenvalue weighted by Crippen LogP contribution is 2.39. The Labute approximate surface area is 171 Å². The zero-order valence-electron chi connectivity index (χ0n) is 16.8. The van der Waals surface area contributed by atoms with E-state index in [9.17, 15) is 4.79 Å². The molecule has 1 aliphatic rings. The topological polar surface area (TPSA) is 36.1 Å². The summed E-state index contributed by atoms with van der Waals surface area (Å²) in [5.74, 6) is 0.0866. The minimum atomic E-state index is -0.111. The molecule has 2 heterocycles. The summed E-state index contributed by atoms with van der Waals surface area (Å²) in [7, 11) is 0.